The Morgan fingerprint density at radius 2 is 1.93 bits per heavy atom. The summed E-state index contributed by atoms with van der Waals surface area (Å²) in [7, 11) is 1.63. The van der Waals surface area contributed by atoms with Crippen molar-refractivity contribution in [2.75, 3.05) is 20.4 Å². The second-order valence-electron chi connectivity index (χ2n) is 6.02. The van der Waals surface area contributed by atoms with Crippen LogP contribution in [0.1, 0.15) is 18.1 Å². The van der Waals surface area contributed by atoms with Crippen LogP contribution in [0.25, 0.3) is 0 Å². The molecule has 2 N–H and O–H groups in total. The molecule has 0 radical (unpaired) electrons. The predicted molar refractivity (Wildman–Crippen MR) is 104 cm³/mol. The molecule has 3 rings (SSSR count). The fourth-order valence-corrected chi connectivity index (χ4v) is 2.83. The highest BCUT2D eigenvalue weighted by atomic mass is 19.3. The minimum absolute atomic E-state index is 0.0167. The van der Waals surface area contributed by atoms with Gasteiger partial charge in [-0.05, 0) is 30.7 Å². The van der Waals surface area contributed by atoms with Gasteiger partial charge in [0.25, 0.3) is 0 Å². The number of nitrogens with zero attached hydrogens (tertiary/aromatic N) is 1. The third kappa shape index (κ3) is 5.40. The van der Waals surface area contributed by atoms with Crippen molar-refractivity contribution in [2.45, 2.75) is 26.6 Å². The number of benzene rings is 2. The lowest BCUT2D eigenvalue weighted by Crippen LogP contribution is -2.36. The van der Waals surface area contributed by atoms with Gasteiger partial charge in [0.2, 0.25) is 6.79 Å². The van der Waals surface area contributed by atoms with Crippen LogP contribution in [0.2, 0.25) is 0 Å². The van der Waals surface area contributed by atoms with E-state index >= 15 is 0 Å². The van der Waals surface area contributed by atoms with Crippen LogP contribution in [0, 0.1) is 0 Å². The lowest BCUT2D eigenvalue weighted by Gasteiger charge is -2.17. The van der Waals surface area contributed by atoms with Crippen LogP contribution in [0.3, 0.4) is 0 Å². The lowest BCUT2D eigenvalue weighted by atomic mass is 10.2. The summed E-state index contributed by atoms with van der Waals surface area (Å²) in [6.45, 7) is 0.117. The number of ether oxygens (including phenoxy) is 4. The summed E-state index contributed by atoms with van der Waals surface area (Å²) in [5, 5.41) is 6.26. The molecule has 1 aliphatic heterocycles. The number of alkyl halides is 2. The summed E-state index contributed by atoms with van der Waals surface area (Å²) in [4.78, 5) is 4.16. The Kier molecular flexibility index (Phi) is 6.94. The average molecular weight is 407 g/mol. The number of rotatable bonds is 8. The van der Waals surface area contributed by atoms with Crippen LogP contribution >= 0.6 is 0 Å². The number of hydrogen-bond acceptors (Lipinski definition) is 5. The Morgan fingerprint density at radius 3 is 2.69 bits per heavy atom. The van der Waals surface area contributed by atoms with Crippen molar-refractivity contribution in [1.29, 1.82) is 0 Å². The van der Waals surface area contributed by atoms with Crippen molar-refractivity contribution in [3.63, 3.8) is 0 Å². The maximum atomic E-state index is 12.8. The largest absolute Gasteiger partial charge is 0.490 e. The SMILES string of the molecule is CCOc1cccc(CNC(=NC)NCc2ccc3c(c2)OCO3)c1OC(F)F. The molecule has 156 valence electrons. The van der Waals surface area contributed by atoms with Crippen molar-refractivity contribution >= 4 is 5.96 Å². The molecule has 0 fully saturated rings. The third-order valence-corrected chi connectivity index (χ3v) is 4.13. The molecule has 0 spiro atoms. The number of hydrogen-bond donors (Lipinski definition) is 2. The van der Waals surface area contributed by atoms with Crippen LogP contribution in [-0.2, 0) is 13.1 Å². The standard InChI is InChI=1S/C20H23F2N3O4/c1-3-26-16-6-4-5-14(18(16)29-19(21)22)11-25-20(23-2)24-10-13-7-8-15-17(9-13)28-12-27-15/h4-9,19H,3,10-12H2,1-2H3,(H2,23,24,25). The molecule has 9 heteroatoms. The Hall–Kier alpha value is -3.23. The molecule has 29 heavy (non-hydrogen) atoms. The van der Waals surface area contributed by atoms with Crippen LogP contribution < -0.4 is 29.6 Å². The number of para-hydroxylation sites is 1. The molecule has 0 saturated carbocycles. The fraction of sp³-hybridized carbons (Fsp3) is 0.350. The van der Waals surface area contributed by atoms with E-state index in [1.165, 1.54) is 0 Å². The molecule has 0 saturated heterocycles. The van der Waals surface area contributed by atoms with Crippen molar-refractivity contribution in [3.8, 4) is 23.0 Å². The zero-order valence-electron chi connectivity index (χ0n) is 16.2. The van der Waals surface area contributed by atoms with Gasteiger partial charge in [0.05, 0.1) is 6.61 Å². The van der Waals surface area contributed by atoms with Crippen LogP contribution in [0.15, 0.2) is 41.4 Å². The zero-order chi connectivity index (χ0) is 20.6. The van der Waals surface area contributed by atoms with Gasteiger partial charge in [-0.15, -0.1) is 0 Å². The van der Waals surface area contributed by atoms with Crippen molar-refractivity contribution < 1.29 is 27.7 Å². The van der Waals surface area contributed by atoms with Gasteiger partial charge in [-0.25, -0.2) is 0 Å². The van der Waals surface area contributed by atoms with Gasteiger partial charge in [-0.2, -0.15) is 8.78 Å². The molecule has 0 bridgehead atoms. The Balaban J connectivity index is 1.62. The monoisotopic (exact) mass is 407 g/mol. The van der Waals surface area contributed by atoms with E-state index in [4.69, 9.17) is 14.2 Å². The molecule has 0 unspecified atom stereocenters. The third-order valence-electron chi connectivity index (χ3n) is 4.13. The molecular weight excluding hydrogens is 384 g/mol. The summed E-state index contributed by atoms with van der Waals surface area (Å²) in [6, 6.07) is 10.7. The van der Waals surface area contributed by atoms with E-state index < -0.39 is 6.61 Å². The first kappa shape index (κ1) is 20.5. The van der Waals surface area contributed by atoms with E-state index in [-0.39, 0.29) is 24.8 Å². The number of halogens is 2. The van der Waals surface area contributed by atoms with Gasteiger partial charge in [0.15, 0.2) is 29.0 Å². The Labute approximate surface area is 167 Å². The van der Waals surface area contributed by atoms with E-state index in [9.17, 15) is 8.78 Å². The molecule has 1 aliphatic rings. The molecule has 2 aromatic carbocycles. The number of nitrogens with one attached hydrogen (secondary N) is 2. The van der Waals surface area contributed by atoms with E-state index in [1.54, 1.807) is 32.2 Å². The molecule has 1 heterocycles. The van der Waals surface area contributed by atoms with Gasteiger partial charge in [0.1, 0.15) is 0 Å². The number of guanidine groups is 1. The van der Waals surface area contributed by atoms with Gasteiger partial charge >= 0.3 is 6.61 Å². The van der Waals surface area contributed by atoms with E-state index in [1.807, 2.05) is 18.2 Å². The summed E-state index contributed by atoms with van der Waals surface area (Å²) in [5.74, 6) is 2.22. The quantitative estimate of drug-likeness (QED) is 0.517. The summed E-state index contributed by atoms with van der Waals surface area (Å²) in [5.41, 5.74) is 1.51. The van der Waals surface area contributed by atoms with Crippen molar-refractivity contribution in [1.82, 2.24) is 10.6 Å². The predicted octanol–water partition coefficient (Wildman–Crippen LogP) is 3.28. The molecule has 7 nitrogen and oxygen atoms in total. The highest BCUT2D eigenvalue weighted by Crippen LogP contribution is 2.33. The molecule has 0 amide bonds. The fourth-order valence-electron chi connectivity index (χ4n) is 2.83. The van der Waals surface area contributed by atoms with Crippen LogP contribution in [0.4, 0.5) is 8.78 Å². The first-order valence-electron chi connectivity index (χ1n) is 9.13. The smallest absolute Gasteiger partial charge is 0.387 e. The van der Waals surface area contributed by atoms with E-state index in [0.717, 1.165) is 11.3 Å². The Morgan fingerprint density at radius 1 is 1.14 bits per heavy atom. The van der Waals surface area contributed by atoms with Crippen molar-refractivity contribution in [2.24, 2.45) is 4.99 Å². The maximum absolute atomic E-state index is 12.8. The van der Waals surface area contributed by atoms with Crippen LogP contribution in [-0.4, -0.2) is 33.0 Å². The molecular formula is C20H23F2N3O4. The summed E-state index contributed by atoms with van der Waals surface area (Å²) < 4.78 is 46.4. The van der Waals surface area contributed by atoms with Gasteiger partial charge in [-0.3, -0.25) is 4.99 Å². The average Bonchev–Trinajstić information content (AvgIpc) is 3.18. The zero-order valence-corrected chi connectivity index (χ0v) is 16.2. The molecule has 0 aliphatic carbocycles. The van der Waals surface area contributed by atoms with Gasteiger partial charge in [-0.1, -0.05) is 18.2 Å². The number of aliphatic imine (C=N–C) groups is 1. The van der Waals surface area contributed by atoms with Crippen molar-refractivity contribution in [3.05, 3.63) is 47.5 Å². The maximum Gasteiger partial charge on any atom is 0.387 e. The minimum Gasteiger partial charge on any atom is -0.490 e. The van der Waals surface area contributed by atoms with Gasteiger partial charge in [0, 0.05) is 25.7 Å². The van der Waals surface area contributed by atoms with Gasteiger partial charge < -0.3 is 29.6 Å². The molecule has 0 atom stereocenters. The highest BCUT2D eigenvalue weighted by Gasteiger charge is 2.16. The molecule has 0 aromatic heterocycles. The van der Waals surface area contributed by atoms with Crippen LogP contribution in [0.5, 0.6) is 23.0 Å². The van der Waals surface area contributed by atoms with E-state index in [0.29, 0.717) is 30.4 Å². The lowest BCUT2D eigenvalue weighted by molar-refractivity contribution is -0.0520. The summed E-state index contributed by atoms with van der Waals surface area (Å²) >= 11 is 0. The summed E-state index contributed by atoms with van der Waals surface area (Å²) in [6.07, 6.45) is 0. The second kappa shape index (κ2) is 9.81. The van der Waals surface area contributed by atoms with E-state index in [2.05, 4.69) is 20.4 Å². The number of fused-ring (bicyclic) bond motifs is 1. The minimum atomic E-state index is -2.95. The first-order chi connectivity index (χ1) is 14.1. The normalized spacial score (nSPS) is 12.8. The topological polar surface area (TPSA) is 73.3 Å². The molecule has 2 aromatic rings. The second-order valence-corrected chi connectivity index (χ2v) is 6.02. The Bertz CT molecular complexity index is 862. The highest BCUT2D eigenvalue weighted by molar-refractivity contribution is 5.79. The first-order valence-corrected chi connectivity index (χ1v) is 9.13.